The molecule has 3 N–H and O–H groups in total. The van der Waals surface area contributed by atoms with Crippen molar-refractivity contribution in [2.45, 2.75) is 57.1 Å². The third kappa shape index (κ3) is 9.42. The van der Waals surface area contributed by atoms with Gasteiger partial charge in [0, 0.05) is 12.5 Å². The minimum atomic E-state index is -3.74. The smallest absolute Gasteiger partial charge is 0.224 e. The molecule has 0 fully saturated rings. The first-order chi connectivity index (χ1) is 18.1. The molecule has 3 rings (SSSR count). The third-order valence-corrected chi connectivity index (χ3v) is 7.62. The summed E-state index contributed by atoms with van der Waals surface area (Å²) in [4.78, 5) is 30.0. The highest BCUT2D eigenvalue weighted by Gasteiger charge is 2.32. The fraction of sp³-hybridized carbons (Fsp3) is 0.393. The number of amides is 2. The summed E-state index contributed by atoms with van der Waals surface area (Å²) < 4.78 is 31.4. The van der Waals surface area contributed by atoms with Gasteiger partial charge < -0.3 is 20.2 Å². The van der Waals surface area contributed by atoms with Crippen LogP contribution < -0.4 is 10.6 Å². The van der Waals surface area contributed by atoms with E-state index >= 15 is 0 Å². The van der Waals surface area contributed by atoms with Crippen LogP contribution in [0, 0.1) is 5.92 Å². The zero-order chi connectivity index (χ0) is 27.5. The summed E-state index contributed by atoms with van der Waals surface area (Å²) in [5.74, 6) is -2.94. The van der Waals surface area contributed by atoms with Crippen LogP contribution in [0.1, 0.15) is 49.8 Å². The maximum atomic E-state index is 13.5. The van der Waals surface area contributed by atoms with Crippen molar-refractivity contribution in [2.24, 2.45) is 5.92 Å². The van der Waals surface area contributed by atoms with Crippen molar-refractivity contribution in [1.29, 1.82) is 0 Å². The van der Waals surface area contributed by atoms with Crippen LogP contribution in [-0.4, -0.2) is 48.2 Å². The predicted molar refractivity (Wildman–Crippen MR) is 143 cm³/mol. The van der Waals surface area contributed by atoms with Crippen LogP contribution in [0.5, 0.6) is 0 Å². The predicted octanol–water partition coefficient (Wildman–Crippen LogP) is 2.97. The lowest BCUT2D eigenvalue weighted by Crippen LogP contribution is -2.46. The number of hydrogen-bond donors (Lipinski definition) is 3. The molecule has 2 unspecified atom stereocenters. The van der Waals surface area contributed by atoms with Crippen molar-refractivity contribution >= 4 is 21.7 Å². The molecule has 1 heterocycles. The molecule has 2 aromatic carbocycles. The number of aryl methyl sites for hydroxylation is 1. The average Bonchev–Trinajstić information content (AvgIpc) is 3.41. The molecule has 9 nitrogen and oxygen atoms in total. The molecule has 0 saturated heterocycles. The number of rotatable bonds is 14. The number of nitrogens with one attached hydrogen (secondary N) is 2. The molecule has 0 bridgehead atoms. The van der Waals surface area contributed by atoms with Gasteiger partial charge >= 0.3 is 0 Å². The van der Waals surface area contributed by atoms with Gasteiger partial charge in [0.05, 0.1) is 29.7 Å². The first-order valence-corrected chi connectivity index (χ1v) is 14.4. The summed E-state index contributed by atoms with van der Waals surface area (Å²) in [5.41, 5.74) is 1.60. The molecule has 10 heteroatoms. The number of aromatic nitrogens is 1. The van der Waals surface area contributed by atoms with Gasteiger partial charge in [-0.1, -0.05) is 60.7 Å². The maximum absolute atomic E-state index is 13.5. The number of benzene rings is 2. The Morgan fingerprint density at radius 1 is 0.974 bits per heavy atom. The van der Waals surface area contributed by atoms with Gasteiger partial charge in [0.15, 0.2) is 15.9 Å². The summed E-state index contributed by atoms with van der Waals surface area (Å²) in [6.45, 7) is 3.57. The summed E-state index contributed by atoms with van der Waals surface area (Å²) >= 11 is 0. The van der Waals surface area contributed by atoms with Crippen LogP contribution in [0.25, 0.3) is 0 Å². The van der Waals surface area contributed by atoms with Crippen LogP contribution in [0.2, 0.25) is 0 Å². The van der Waals surface area contributed by atoms with Crippen LogP contribution in [0.15, 0.2) is 77.5 Å². The third-order valence-electron chi connectivity index (χ3n) is 5.94. The molecule has 3 aromatic rings. The van der Waals surface area contributed by atoms with Gasteiger partial charge in [-0.05, 0) is 37.8 Å². The molecular weight excluding hydrogens is 506 g/mol. The molecule has 0 aliphatic rings. The number of oxazole rings is 1. The highest BCUT2D eigenvalue weighted by Crippen LogP contribution is 2.21. The second-order valence-corrected chi connectivity index (χ2v) is 11.7. The van der Waals surface area contributed by atoms with Crippen LogP contribution in [0.3, 0.4) is 0 Å². The van der Waals surface area contributed by atoms with E-state index in [1.54, 1.807) is 44.2 Å². The molecule has 3 atom stereocenters. The van der Waals surface area contributed by atoms with Crippen molar-refractivity contribution in [1.82, 2.24) is 15.6 Å². The normalized spacial score (nSPS) is 14.0. The van der Waals surface area contributed by atoms with Gasteiger partial charge in [-0.25, -0.2) is 13.4 Å². The summed E-state index contributed by atoms with van der Waals surface area (Å²) in [6, 6.07) is 17.2. The highest BCUT2D eigenvalue weighted by atomic mass is 32.2. The number of sulfone groups is 1. The molecule has 0 spiro atoms. The fourth-order valence-corrected chi connectivity index (χ4v) is 5.86. The lowest BCUT2D eigenvalue weighted by molar-refractivity contribution is -0.131. The molecule has 38 heavy (non-hydrogen) atoms. The summed E-state index contributed by atoms with van der Waals surface area (Å²) in [6.07, 6.45) is 2.02. The van der Waals surface area contributed by atoms with E-state index in [-0.39, 0.29) is 24.1 Å². The van der Waals surface area contributed by atoms with E-state index in [9.17, 15) is 23.1 Å². The van der Waals surface area contributed by atoms with E-state index in [0.29, 0.717) is 18.4 Å². The van der Waals surface area contributed by atoms with Crippen molar-refractivity contribution in [2.75, 3.05) is 5.75 Å². The zero-order valence-corrected chi connectivity index (χ0v) is 22.4. The van der Waals surface area contributed by atoms with Gasteiger partial charge in [0.1, 0.15) is 6.26 Å². The number of aliphatic hydroxyl groups excluding tert-OH is 1. The van der Waals surface area contributed by atoms with E-state index in [0.717, 1.165) is 5.56 Å². The van der Waals surface area contributed by atoms with Crippen molar-refractivity contribution in [3.63, 3.8) is 0 Å². The topological polar surface area (TPSA) is 139 Å². The lowest BCUT2D eigenvalue weighted by Gasteiger charge is -2.25. The Kier molecular flexibility index (Phi) is 10.6. The van der Waals surface area contributed by atoms with Crippen molar-refractivity contribution < 1.29 is 27.5 Å². The van der Waals surface area contributed by atoms with E-state index in [1.807, 2.05) is 30.3 Å². The molecule has 0 aliphatic heterocycles. The Morgan fingerprint density at radius 3 is 2.18 bits per heavy atom. The number of nitrogens with zero attached hydrogens (tertiary/aromatic N) is 1. The molecule has 2 amide bonds. The number of carbonyl (C=O) groups excluding carboxylic acids is 2. The standard InChI is InChI=1S/C28H35N3O6S/c1-20(2)30-25(32)17-23(19-38(35,36)18-22-11-7-4-8-12-22)27(34)31-24(26(33)28-29-15-16-37-28)14-13-21-9-5-3-6-10-21/h3-12,15-16,20,23-24,26,33H,13-14,17-19H2,1-2H3,(H,30,32)(H,31,34)/t23?,24-,26?/m0/s1. The van der Waals surface area contributed by atoms with E-state index in [1.165, 1.54) is 12.5 Å². The van der Waals surface area contributed by atoms with Crippen molar-refractivity contribution in [3.05, 3.63) is 90.1 Å². The second kappa shape index (κ2) is 13.9. The molecular formula is C28H35N3O6S. The highest BCUT2D eigenvalue weighted by molar-refractivity contribution is 7.90. The number of carbonyl (C=O) groups is 2. The van der Waals surface area contributed by atoms with Gasteiger partial charge in [0.2, 0.25) is 17.7 Å². The minimum absolute atomic E-state index is 0.0363. The van der Waals surface area contributed by atoms with E-state index in [2.05, 4.69) is 15.6 Å². The molecule has 0 saturated carbocycles. The van der Waals surface area contributed by atoms with Crippen LogP contribution >= 0.6 is 0 Å². The van der Waals surface area contributed by atoms with Gasteiger partial charge in [-0.15, -0.1) is 0 Å². The first-order valence-electron chi connectivity index (χ1n) is 12.6. The van der Waals surface area contributed by atoms with E-state index < -0.39 is 45.5 Å². The Bertz CT molecular complexity index is 1250. The number of hydrogen-bond acceptors (Lipinski definition) is 7. The monoisotopic (exact) mass is 541 g/mol. The Hall–Kier alpha value is -3.50. The first kappa shape index (κ1) is 29.1. The zero-order valence-electron chi connectivity index (χ0n) is 21.6. The van der Waals surface area contributed by atoms with Crippen LogP contribution in [-0.2, 0) is 31.6 Å². The summed E-state index contributed by atoms with van der Waals surface area (Å²) in [5, 5.41) is 16.4. The van der Waals surface area contributed by atoms with Gasteiger partial charge in [-0.2, -0.15) is 0 Å². The van der Waals surface area contributed by atoms with Crippen LogP contribution in [0.4, 0.5) is 0 Å². The largest absolute Gasteiger partial charge is 0.446 e. The minimum Gasteiger partial charge on any atom is -0.446 e. The number of aliphatic hydroxyl groups is 1. The Labute approximate surface area is 223 Å². The molecule has 0 radical (unpaired) electrons. The molecule has 0 aliphatic carbocycles. The SMILES string of the molecule is CC(C)NC(=O)CC(CS(=O)(=O)Cc1ccccc1)C(=O)N[C@@H](CCc1ccccc1)C(O)c1ncco1. The second-order valence-electron chi connectivity index (χ2n) is 9.62. The Balaban J connectivity index is 1.79. The average molecular weight is 542 g/mol. The lowest BCUT2D eigenvalue weighted by atomic mass is 9.99. The summed E-state index contributed by atoms with van der Waals surface area (Å²) in [7, 11) is -3.74. The van der Waals surface area contributed by atoms with Gasteiger partial charge in [-0.3, -0.25) is 9.59 Å². The van der Waals surface area contributed by atoms with E-state index in [4.69, 9.17) is 4.42 Å². The van der Waals surface area contributed by atoms with Crippen molar-refractivity contribution in [3.8, 4) is 0 Å². The van der Waals surface area contributed by atoms with Gasteiger partial charge in [0.25, 0.3) is 0 Å². The maximum Gasteiger partial charge on any atom is 0.224 e. The Morgan fingerprint density at radius 2 is 1.61 bits per heavy atom. The quantitative estimate of drug-likeness (QED) is 0.285. The molecule has 204 valence electrons. The molecule has 1 aromatic heterocycles. The fourth-order valence-electron chi connectivity index (χ4n) is 4.15.